The molecule has 0 aromatic heterocycles. The summed E-state index contributed by atoms with van der Waals surface area (Å²) in [6, 6.07) is 0. The van der Waals surface area contributed by atoms with E-state index in [0.29, 0.717) is 0 Å². The van der Waals surface area contributed by atoms with E-state index >= 15 is 0 Å². The molecule has 1 aliphatic rings. The second kappa shape index (κ2) is 4.82. The van der Waals surface area contributed by atoms with Gasteiger partial charge in [0.15, 0.2) is 0 Å². The molecule has 0 aromatic rings. The minimum absolute atomic E-state index is 0. The lowest BCUT2D eigenvalue weighted by Crippen LogP contribution is -2.44. The third-order valence-electron chi connectivity index (χ3n) is 1.39. The molecule has 1 heterocycles. The number of hydrogen-bond acceptors (Lipinski definition) is 2. The minimum atomic E-state index is -0.114. The zero-order valence-corrected chi connectivity index (χ0v) is 7.25. The first-order valence-electron chi connectivity index (χ1n) is 2.99. The van der Waals surface area contributed by atoms with Crippen LogP contribution in [0.1, 0.15) is 0 Å². The minimum Gasteiger partial charge on any atom is -0.331 e. The Morgan fingerprint density at radius 1 is 1.40 bits per heavy atom. The molecule has 1 saturated heterocycles. The molecule has 0 aliphatic carbocycles. The molecule has 0 atom stereocenters. The van der Waals surface area contributed by atoms with Gasteiger partial charge in [-0.3, -0.25) is 4.79 Å². The van der Waals surface area contributed by atoms with Crippen molar-refractivity contribution in [2.45, 2.75) is 0 Å². The first-order valence-corrected chi connectivity index (χ1v) is 3.44. The van der Waals surface area contributed by atoms with E-state index in [0.717, 1.165) is 26.2 Å². The molecule has 5 heteroatoms. The Kier molecular flexibility index (Phi) is 4.85. The van der Waals surface area contributed by atoms with Crippen molar-refractivity contribution in [3.63, 3.8) is 0 Å². The molecule has 0 spiro atoms. The summed E-state index contributed by atoms with van der Waals surface area (Å²) in [5.74, 6) is 0. The van der Waals surface area contributed by atoms with Crippen molar-refractivity contribution in [1.29, 1.82) is 0 Å². The summed E-state index contributed by atoms with van der Waals surface area (Å²) in [5, 5.41) is 3.03. The van der Waals surface area contributed by atoms with Gasteiger partial charge in [0.05, 0.1) is 0 Å². The lowest BCUT2D eigenvalue weighted by atomic mass is 10.4. The fraction of sp³-hybridized carbons (Fsp3) is 0.800. The van der Waals surface area contributed by atoms with Gasteiger partial charge >= 0.3 is 0 Å². The number of nitrogens with zero attached hydrogens (tertiary/aromatic N) is 1. The first kappa shape index (κ1) is 10.1. The van der Waals surface area contributed by atoms with Crippen LogP contribution in [-0.4, -0.2) is 36.3 Å². The number of rotatable bonds is 0. The van der Waals surface area contributed by atoms with Gasteiger partial charge < -0.3 is 10.2 Å². The Hall–Kier alpha value is 0.0700. The highest BCUT2D eigenvalue weighted by Crippen LogP contribution is 1.96. The van der Waals surface area contributed by atoms with Crippen LogP contribution < -0.4 is 5.32 Å². The van der Waals surface area contributed by atoms with Gasteiger partial charge in [-0.25, -0.2) is 0 Å². The number of amides is 1. The molecule has 10 heavy (non-hydrogen) atoms. The molecule has 0 unspecified atom stereocenters. The highest BCUT2D eigenvalue weighted by molar-refractivity contribution is 7.96. The van der Waals surface area contributed by atoms with E-state index in [1.165, 1.54) is 0 Å². The first-order chi connectivity index (χ1) is 4.30. The molecule has 0 radical (unpaired) electrons. The SMILES string of the molecule is Cl.O=C(S)N1CCNCC1. The van der Waals surface area contributed by atoms with Crippen LogP contribution in [0, 0.1) is 0 Å². The maximum Gasteiger partial charge on any atom is 0.278 e. The number of piperazine rings is 1. The van der Waals surface area contributed by atoms with Gasteiger partial charge in [0, 0.05) is 26.2 Å². The third-order valence-corrected chi connectivity index (χ3v) is 1.67. The molecule has 1 fully saturated rings. The van der Waals surface area contributed by atoms with E-state index in [2.05, 4.69) is 17.9 Å². The van der Waals surface area contributed by atoms with E-state index < -0.39 is 0 Å². The van der Waals surface area contributed by atoms with Crippen LogP contribution in [-0.2, 0) is 0 Å². The van der Waals surface area contributed by atoms with E-state index in [4.69, 9.17) is 0 Å². The van der Waals surface area contributed by atoms with Crippen molar-refractivity contribution in [3.8, 4) is 0 Å². The van der Waals surface area contributed by atoms with Crippen molar-refractivity contribution in [2.75, 3.05) is 26.2 Å². The molecule has 1 aliphatic heterocycles. The topological polar surface area (TPSA) is 32.3 Å². The lowest BCUT2D eigenvalue weighted by molar-refractivity contribution is 0.215. The zero-order chi connectivity index (χ0) is 6.69. The third kappa shape index (κ3) is 2.77. The number of thiol groups is 1. The zero-order valence-electron chi connectivity index (χ0n) is 5.54. The summed E-state index contributed by atoms with van der Waals surface area (Å²) in [7, 11) is 0. The molecule has 0 aromatic carbocycles. The quantitative estimate of drug-likeness (QED) is 0.531. The van der Waals surface area contributed by atoms with E-state index in [-0.39, 0.29) is 17.6 Å². The standard InChI is InChI=1S/C5H10N2OS.ClH/c8-5(9)7-3-1-6-2-4-7;/h6H,1-4H2,(H,8,9);1H. The summed E-state index contributed by atoms with van der Waals surface area (Å²) >= 11 is 3.70. The van der Waals surface area contributed by atoms with Crippen LogP contribution in [0.15, 0.2) is 0 Å². The van der Waals surface area contributed by atoms with Crippen LogP contribution in [0.4, 0.5) is 4.79 Å². The Balaban J connectivity index is 0.000000810. The second-order valence-electron chi connectivity index (χ2n) is 2.02. The smallest absolute Gasteiger partial charge is 0.278 e. The molecular weight excluding hydrogens is 172 g/mol. The summed E-state index contributed by atoms with van der Waals surface area (Å²) in [6.07, 6.45) is 0. The van der Waals surface area contributed by atoms with Crippen LogP contribution in [0.25, 0.3) is 0 Å². The maximum atomic E-state index is 10.6. The van der Waals surface area contributed by atoms with E-state index in [1.807, 2.05) is 0 Å². The normalized spacial score (nSPS) is 17.9. The lowest BCUT2D eigenvalue weighted by Gasteiger charge is -2.25. The molecule has 1 N–H and O–H groups in total. The fourth-order valence-corrected chi connectivity index (χ4v) is 1.06. The predicted molar refractivity (Wildman–Crippen MR) is 46.1 cm³/mol. The predicted octanol–water partition coefficient (Wildman–Crippen LogP) is 0.363. The van der Waals surface area contributed by atoms with Gasteiger partial charge in [0.2, 0.25) is 0 Å². The van der Waals surface area contributed by atoms with Gasteiger partial charge in [-0.15, -0.1) is 12.4 Å². The van der Waals surface area contributed by atoms with Crippen molar-refractivity contribution in [2.24, 2.45) is 0 Å². The Bertz CT molecular complexity index is 116. The van der Waals surface area contributed by atoms with Crippen LogP contribution in [0.2, 0.25) is 0 Å². The van der Waals surface area contributed by atoms with Crippen LogP contribution in [0.5, 0.6) is 0 Å². The van der Waals surface area contributed by atoms with Crippen molar-refractivity contribution in [1.82, 2.24) is 10.2 Å². The van der Waals surface area contributed by atoms with Crippen LogP contribution >= 0.6 is 25.0 Å². The Morgan fingerprint density at radius 2 is 1.90 bits per heavy atom. The average Bonchev–Trinajstić information content (AvgIpc) is 1.90. The van der Waals surface area contributed by atoms with Gasteiger partial charge in [-0.1, -0.05) is 12.6 Å². The molecule has 1 amide bonds. The summed E-state index contributed by atoms with van der Waals surface area (Å²) in [6.45, 7) is 3.38. The van der Waals surface area contributed by atoms with Crippen molar-refractivity contribution >= 4 is 30.3 Å². The largest absolute Gasteiger partial charge is 0.331 e. The molecular formula is C5H11ClN2OS. The Morgan fingerprint density at radius 3 is 2.20 bits per heavy atom. The van der Waals surface area contributed by atoms with Crippen molar-refractivity contribution in [3.05, 3.63) is 0 Å². The van der Waals surface area contributed by atoms with Gasteiger partial charge in [0.25, 0.3) is 5.24 Å². The van der Waals surface area contributed by atoms with Crippen molar-refractivity contribution < 1.29 is 4.79 Å². The number of carbonyl (C=O) groups is 1. The highest BCUT2D eigenvalue weighted by Gasteiger charge is 2.11. The second-order valence-corrected chi connectivity index (χ2v) is 2.40. The number of hydrogen-bond donors (Lipinski definition) is 2. The van der Waals surface area contributed by atoms with Crippen LogP contribution in [0.3, 0.4) is 0 Å². The van der Waals surface area contributed by atoms with Gasteiger partial charge in [-0.2, -0.15) is 0 Å². The molecule has 1 rings (SSSR count). The monoisotopic (exact) mass is 182 g/mol. The number of carbonyl (C=O) groups excluding carboxylic acids is 1. The summed E-state index contributed by atoms with van der Waals surface area (Å²) < 4.78 is 0. The summed E-state index contributed by atoms with van der Waals surface area (Å²) in [4.78, 5) is 12.3. The maximum absolute atomic E-state index is 10.6. The highest BCUT2D eigenvalue weighted by atomic mass is 35.5. The van der Waals surface area contributed by atoms with Gasteiger partial charge in [0.1, 0.15) is 0 Å². The molecule has 0 saturated carbocycles. The number of halogens is 1. The van der Waals surface area contributed by atoms with E-state index in [9.17, 15) is 4.79 Å². The summed E-state index contributed by atoms with van der Waals surface area (Å²) in [5.41, 5.74) is 0. The molecule has 60 valence electrons. The Labute approximate surface area is 72.0 Å². The molecule has 3 nitrogen and oxygen atoms in total. The molecule has 0 bridgehead atoms. The number of nitrogens with one attached hydrogen (secondary N) is 1. The fourth-order valence-electron chi connectivity index (χ4n) is 0.856. The average molecular weight is 183 g/mol. The van der Waals surface area contributed by atoms with Gasteiger partial charge in [-0.05, 0) is 0 Å². The van der Waals surface area contributed by atoms with E-state index in [1.54, 1.807) is 4.90 Å².